The van der Waals surface area contributed by atoms with Gasteiger partial charge >= 0.3 is 0 Å². The van der Waals surface area contributed by atoms with Gasteiger partial charge in [0.15, 0.2) is 0 Å². The number of hydrogen-bond donors (Lipinski definition) is 3. The van der Waals surface area contributed by atoms with Gasteiger partial charge in [0.25, 0.3) is 0 Å². The van der Waals surface area contributed by atoms with Crippen molar-refractivity contribution in [3.63, 3.8) is 0 Å². The number of aromatic nitrogens is 4. The molecule has 0 atom stereocenters. The summed E-state index contributed by atoms with van der Waals surface area (Å²) >= 11 is 5.88. The normalized spacial score (nSPS) is 10.5. The van der Waals surface area contributed by atoms with Crippen LogP contribution in [-0.2, 0) is 6.54 Å². The third-order valence-corrected chi connectivity index (χ3v) is 3.32. The summed E-state index contributed by atoms with van der Waals surface area (Å²) in [5.41, 5.74) is 2.47. The minimum Gasteiger partial charge on any atom is -0.506 e. The smallest absolute Gasteiger partial charge is 0.204 e. The number of nitrogens with zero attached hydrogens (tertiary/aromatic N) is 3. The molecule has 0 aliphatic carbocycles. The molecular weight excluding hydrogens is 290 g/mol. The fourth-order valence-electron chi connectivity index (χ4n) is 1.95. The number of phenolic OH excluding ortho intramolecular Hbond substituents is 1. The van der Waals surface area contributed by atoms with Crippen LogP contribution in [-0.4, -0.2) is 25.7 Å². The molecule has 0 saturated carbocycles. The Balaban J connectivity index is 1.77. The number of H-pyrrole nitrogens is 1. The SMILES string of the molecule is Oc1c(Cl)cccc1CNc1cccc(-c2nn[nH]n2)c1. The Morgan fingerprint density at radius 3 is 2.86 bits per heavy atom. The van der Waals surface area contributed by atoms with Crippen molar-refractivity contribution in [1.82, 2.24) is 20.6 Å². The van der Waals surface area contributed by atoms with Crippen LogP contribution in [0.5, 0.6) is 5.75 Å². The van der Waals surface area contributed by atoms with Crippen molar-refractivity contribution in [3.05, 3.63) is 53.1 Å². The molecule has 3 rings (SSSR count). The van der Waals surface area contributed by atoms with Crippen LogP contribution < -0.4 is 5.32 Å². The van der Waals surface area contributed by atoms with Crippen LogP contribution in [0.15, 0.2) is 42.5 Å². The van der Waals surface area contributed by atoms with Gasteiger partial charge in [0, 0.05) is 23.4 Å². The number of tetrazole rings is 1. The number of nitrogens with one attached hydrogen (secondary N) is 2. The van der Waals surface area contributed by atoms with E-state index in [1.54, 1.807) is 12.1 Å². The molecule has 0 aliphatic rings. The predicted octanol–water partition coefficient (Wildman–Crippen LogP) is 2.84. The highest BCUT2D eigenvalue weighted by molar-refractivity contribution is 6.32. The van der Waals surface area contributed by atoms with Gasteiger partial charge in [-0.3, -0.25) is 0 Å². The monoisotopic (exact) mass is 301 g/mol. The first kappa shape index (κ1) is 13.4. The minimum absolute atomic E-state index is 0.0981. The van der Waals surface area contributed by atoms with E-state index in [-0.39, 0.29) is 5.75 Å². The van der Waals surface area contributed by atoms with Gasteiger partial charge in [0.1, 0.15) is 5.75 Å². The van der Waals surface area contributed by atoms with Crippen LogP contribution in [0.25, 0.3) is 11.4 Å². The standard InChI is InChI=1S/C14H12ClN5O/c15-12-6-2-4-10(13(12)21)8-16-11-5-1-3-9(7-11)14-17-19-20-18-14/h1-7,16,21H,8H2,(H,17,18,19,20). The predicted molar refractivity (Wildman–Crippen MR) is 80.1 cm³/mol. The largest absolute Gasteiger partial charge is 0.506 e. The lowest BCUT2D eigenvalue weighted by atomic mass is 10.1. The summed E-state index contributed by atoms with van der Waals surface area (Å²) in [6.45, 7) is 0.460. The Kier molecular flexibility index (Phi) is 3.70. The Bertz CT molecular complexity index is 745. The van der Waals surface area contributed by atoms with Gasteiger partial charge in [-0.05, 0) is 23.4 Å². The third-order valence-electron chi connectivity index (χ3n) is 3.02. The Morgan fingerprint density at radius 2 is 2.05 bits per heavy atom. The molecule has 0 aliphatic heterocycles. The summed E-state index contributed by atoms with van der Waals surface area (Å²) in [7, 11) is 0. The van der Waals surface area contributed by atoms with Crippen LogP contribution in [0.1, 0.15) is 5.56 Å². The number of benzene rings is 2. The number of aromatic hydroxyl groups is 1. The molecule has 3 N–H and O–H groups in total. The third kappa shape index (κ3) is 2.95. The zero-order valence-corrected chi connectivity index (χ0v) is 11.7. The van der Waals surface area contributed by atoms with Crippen molar-refractivity contribution in [2.24, 2.45) is 0 Å². The van der Waals surface area contributed by atoms with Crippen molar-refractivity contribution in [2.75, 3.05) is 5.32 Å². The maximum absolute atomic E-state index is 9.88. The number of halogens is 1. The molecule has 106 valence electrons. The summed E-state index contributed by atoms with van der Waals surface area (Å²) in [4.78, 5) is 0. The maximum atomic E-state index is 9.88. The molecule has 21 heavy (non-hydrogen) atoms. The van der Waals surface area contributed by atoms with E-state index in [4.69, 9.17) is 11.6 Å². The number of aromatic amines is 1. The van der Waals surface area contributed by atoms with Crippen molar-refractivity contribution >= 4 is 17.3 Å². The van der Waals surface area contributed by atoms with Gasteiger partial charge in [-0.25, -0.2) is 0 Å². The quantitative estimate of drug-likeness (QED) is 0.690. The van der Waals surface area contributed by atoms with E-state index in [2.05, 4.69) is 25.9 Å². The summed E-state index contributed by atoms with van der Waals surface area (Å²) in [5, 5.41) is 27.3. The second-order valence-electron chi connectivity index (χ2n) is 4.42. The summed E-state index contributed by atoms with van der Waals surface area (Å²) in [6, 6.07) is 12.9. The molecule has 7 heteroatoms. The van der Waals surface area contributed by atoms with Crippen LogP contribution in [0.4, 0.5) is 5.69 Å². The molecule has 0 amide bonds. The second-order valence-corrected chi connectivity index (χ2v) is 4.82. The molecule has 3 aromatic rings. The number of anilines is 1. The molecule has 6 nitrogen and oxygen atoms in total. The fourth-order valence-corrected chi connectivity index (χ4v) is 2.15. The molecule has 0 fully saturated rings. The van der Waals surface area contributed by atoms with Gasteiger partial charge in [0.2, 0.25) is 5.82 Å². The number of para-hydroxylation sites is 1. The van der Waals surface area contributed by atoms with Crippen molar-refractivity contribution < 1.29 is 5.11 Å². The highest BCUT2D eigenvalue weighted by Crippen LogP contribution is 2.27. The van der Waals surface area contributed by atoms with E-state index in [0.717, 1.165) is 16.8 Å². The lowest BCUT2D eigenvalue weighted by Gasteiger charge is -2.09. The molecule has 1 heterocycles. The fraction of sp³-hybridized carbons (Fsp3) is 0.0714. The molecule has 0 unspecified atom stereocenters. The van der Waals surface area contributed by atoms with Crippen LogP contribution in [0.3, 0.4) is 0 Å². The van der Waals surface area contributed by atoms with Gasteiger partial charge in [0.05, 0.1) is 5.02 Å². The van der Waals surface area contributed by atoms with E-state index in [9.17, 15) is 5.11 Å². The number of hydrogen-bond acceptors (Lipinski definition) is 5. The number of phenols is 1. The van der Waals surface area contributed by atoms with Crippen LogP contribution in [0.2, 0.25) is 5.02 Å². The first-order valence-electron chi connectivity index (χ1n) is 6.28. The highest BCUT2D eigenvalue weighted by atomic mass is 35.5. The Hall–Kier alpha value is -2.60. The summed E-state index contributed by atoms with van der Waals surface area (Å²) < 4.78 is 0. The molecule has 2 aromatic carbocycles. The molecule has 1 aromatic heterocycles. The van der Waals surface area contributed by atoms with Crippen molar-refractivity contribution in [1.29, 1.82) is 0 Å². The first-order chi connectivity index (χ1) is 10.2. The van der Waals surface area contributed by atoms with E-state index >= 15 is 0 Å². The van der Waals surface area contributed by atoms with Crippen LogP contribution >= 0.6 is 11.6 Å². The zero-order chi connectivity index (χ0) is 14.7. The van der Waals surface area contributed by atoms with Gasteiger partial charge < -0.3 is 10.4 Å². The highest BCUT2D eigenvalue weighted by Gasteiger charge is 2.06. The van der Waals surface area contributed by atoms with E-state index in [1.165, 1.54) is 0 Å². The lowest BCUT2D eigenvalue weighted by Crippen LogP contribution is -2.00. The molecule has 0 bridgehead atoms. The number of rotatable bonds is 4. The molecule has 0 spiro atoms. The maximum Gasteiger partial charge on any atom is 0.204 e. The van der Waals surface area contributed by atoms with Crippen LogP contribution in [0, 0.1) is 0 Å². The van der Waals surface area contributed by atoms with Gasteiger partial charge in [-0.1, -0.05) is 35.9 Å². The van der Waals surface area contributed by atoms with Gasteiger partial charge in [-0.15, -0.1) is 10.2 Å². The van der Waals surface area contributed by atoms with Gasteiger partial charge in [-0.2, -0.15) is 5.21 Å². The van der Waals surface area contributed by atoms with Crippen molar-refractivity contribution in [2.45, 2.75) is 6.54 Å². The average molecular weight is 302 g/mol. The summed E-state index contributed by atoms with van der Waals surface area (Å²) in [6.07, 6.45) is 0. The summed E-state index contributed by atoms with van der Waals surface area (Å²) in [5.74, 6) is 0.630. The second kappa shape index (κ2) is 5.80. The van der Waals surface area contributed by atoms with E-state index < -0.39 is 0 Å². The van der Waals surface area contributed by atoms with E-state index in [1.807, 2.05) is 30.3 Å². The van der Waals surface area contributed by atoms with E-state index in [0.29, 0.717) is 17.4 Å². The average Bonchev–Trinajstić information content (AvgIpc) is 3.03. The Morgan fingerprint density at radius 1 is 1.19 bits per heavy atom. The molecular formula is C14H12ClN5O. The first-order valence-corrected chi connectivity index (χ1v) is 6.66. The topological polar surface area (TPSA) is 86.7 Å². The zero-order valence-electron chi connectivity index (χ0n) is 10.9. The minimum atomic E-state index is 0.0981. The molecule has 0 saturated heterocycles. The van der Waals surface area contributed by atoms with Crippen molar-refractivity contribution in [3.8, 4) is 17.1 Å². The molecule has 0 radical (unpaired) electrons. The lowest BCUT2D eigenvalue weighted by molar-refractivity contribution is 0.469. The Labute approximate surface area is 125 Å².